The van der Waals surface area contributed by atoms with Gasteiger partial charge in [0.25, 0.3) is 5.91 Å². The summed E-state index contributed by atoms with van der Waals surface area (Å²) in [7, 11) is 0. The van der Waals surface area contributed by atoms with Crippen molar-refractivity contribution in [1.29, 1.82) is 0 Å². The lowest BCUT2D eigenvalue weighted by Gasteiger charge is -2.13. The SMILES string of the molecule is C[C@@H](NC(=O)c1nnc2ccc(Cl)cc2n1)c1ccncc1. The Labute approximate surface area is 131 Å². The molecule has 0 unspecified atom stereocenters. The number of nitrogens with zero attached hydrogens (tertiary/aromatic N) is 4. The Morgan fingerprint density at radius 2 is 1.91 bits per heavy atom. The van der Waals surface area contributed by atoms with Crippen LogP contribution in [0.4, 0.5) is 0 Å². The largest absolute Gasteiger partial charge is 0.343 e. The Morgan fingerprint density at radius 1 is 1.14 bits per heavy atom. The van der Waals surface area contributed by atoms with Crippen LogP contribution in [0.15, 0.2) is 42.7 Å². The summed E-state index contributed by atoms with van der Waals surface area (Å²) >= 11 is 5.92. The van der Waals surface area contributed by atoms with Gasteiger partial charge in [0.15, 0.2) is 0 Å². The zero-order valence-corrected chi connectivity index (χ0v) is 12.4. The lowest BCUT2D eigenvalue weighted by Crippen LogP contribution is -2.28. The van der Waals surface area contributed by atoms with Crippen molar-refractivity contribution in [2.75, 3.05) is 0 Å². The van der Waals surface area contributed by atoms with Crippen LogP contribution in [-0.2, 0) is 0 Å². The molecule has 0 radical (unpaired) electrons. The first-order valence-electron chi connectivity index (χ1n) is 6.64. The van der Waals surface area contributed by atoms with Crippen LogP contribution >= 0.6 is 11.6 Å². The molecule has 1 aromatic carbocycles. The van der Waals surface area contributed by atoms with Crippen molar-refractivity contribution < 1.29 is 4.79 Å². The number of amides is 1. The number of aromatic nitrogens is 4. The van der Waals surface area contributed by atoms with Gasteiger partial charge in [-0.15, -0.1) is 10.2 Å². The Kier molecular flexibility index (Phi) is 3.93. The van der Waals surface area contributed by atoms with E-state index in [1.807, 2.05) is 19.1 Å². The molecule has 0 fully saturated rings. The van der Waals surface area contributed by atoms with Gasteiger partial charge in [-0.1, -0.05) is 11.6 Å². The van der Waals surface area contributed by atoms with Gasteiger partial charge in [-0.05, 0) is 42.8 Å². The highest BCUT2D eigenvalue weighted by molar-refractivity contribution is 6.31. The molecule has 1 N–H and O–H groups in total. The van der Waals surface area contributed by atoms with Crippen molar-refractivity contribution in [1.82, 2.24) is 25.5 Å². The maximum atomic E-state index is 12.2. The summed E-state index contributed by atoms with van der Waals surface area (Å²) < 4.78 is 0. The van der Waals surface area contributed by atoms with E-state index >= 15 is 0 Å². The fourth-order valence-electron chi connectivity index (χ4n) is 2.00. The number of hydrogen-bond donors (Lipinski definition) is 1. The summed E-state index contributed by atoms with van der Waals surface area (Å²) in [6.45, 7) is 1.87. The predicted molar refractivity (Wildman–Crippen MR) is 82.5 cm³/mol. The second kappa shape index (κ2) is 6.03. The maximum absolute atomic E-state index is 12.2. The fourth-order valence-corrected chi connectivity index (χ4v) is 2.17. The number of carbonyl (C=O) groups excluding carboxylic acids is 1. The molecule has 22 heavy (non-hydrogen) atoms. The molecule has 110 valence electrons. The topological polar surface area (TPSA) is 80.7 Å². The minimum absolute atomic E-state index is 0.00988. The van der Waals surface area contributed by atoms with Crippen LogP contribution in [0.5, 0.6) is 0 Å². The highest BCUT2D eigenvalue weighted by atomic mass is 35.5. The van der Waals surface area contributed by atoms with Crippen molar-refractivity contribution in [2.45, 2.75) is 13.0 Å². The third-order valence-corrected chi connectivity index (χ3v) is 3.41. The maximum Gasteiger partial charge on any atom is 0.291 e. The fraction of sp³-hybridized carbons (Fsp3) is 0.133. The molecule has 1 atom stereocenters. The van der Waals surface area contributed by atoms with Gasteiger partial charge >= 0.3 is 0 Å². The van der Waals surface area contributed by atoms with Crippen molar-refractivity contribution in [3.05, 3.63) is 59.1 Å². The van der Waals surface area contributed by atoms with Gasteiger partial charge in [0.05, 0.1) is 11.6 Å². The van der Waals surface area contributed by atoms with Crippen molar-refractivity contribution in [2.24, 2.45) is 0 Å². The second-order valence-corrected chi connectivity index (χ2v) is 5.18. The molecule has 0 aliphatic heterocycles. The first kappa shape index (κ1) is 14.3. The van der Waals surface area contributed by atoms with Gasteiger partial charge in [0.2, 0.25) is 5.82 Å². The van der Waals surface area contributed by atoms with Gasteiger partial charge < -0.3 is 5.32 Å². The van der Waals surface area contributed by atoms with Crippen molar-refractivity contribution in [3.8, 4) is 0 Å². The van der Waals surface area contributed by atoms with Crippen LogP contribution in [0.25, 0.3) is 11.0 Å². The number of pyridine rings is 1. The third kappa shape index (κ3) is 3.01. The number of hydrogen-bond acceptors (Lipinski definition) is 5. The van der Waals surface area contributed by atoms with Crippen LogP contribution in [0, 0.1) is 0 Å². The van der Waals surface area contributed by atoms with E-state index in [1.165, 1.54) is 0 Å². The molecule has 3 rings (SSSR count). The first-order valence-corrected chi connectivity index (χ1v) is 7.02. The molecular formula is C15H12ClN5O. The van der Waals surface area contributed by atoms with Gasteiger partial charge in [0, 0.05) is 17.4 Å². The lowest BCUT2D eigenvalue weighted by atomic mass is 10.1. The molecule has 0 bridgehead atoms. The number of carbonyl (C=O) groups is 1. The molecule has 0 saturated carbocycles. The molecule has 0 spiro atoms. The Bertz CT molecular complexity index is 825. The zero-order valence-electron chi connectivity index (χ0n) is 11.7. The molecule has 0 aliphatic carbocycles. The van der Waals surface area contributed by atoms with Crippen LogP contribution in [-0.4, -0.2) is 26.1 Å². The van der Waals surface area contributed by atoms with Gasteiger partial charge in [-0.2, -0.15) is 0 Å². The lowest BCUT2D eigenvalue weighted by molar-refractivity contribution is 0.0928. The molecular weight excluding hydrogens is 302 g/mol. The highest BCUT2D eigenvalue weighted by Gasteiger charge is 2.15. The number of benzene rings is 1. The van der Waals surface area contributed by atoms with Crippen molar-refractivity contribution in [3.63, 3.8) is 0 Å². The summed E-state index contributed by atoms with van der Waals surface area (Å²) in [5.41, 5.74) is 2.06. The molecule has 1 amide bonds. The Balaban J connectivity index is 1.83. The van der Waals surface area contributed by atoms with Gasteiger partial charge in [-0.25, -0.2) is 4.98 Å². The van der Waals surface area contributed by atoms with Crippen LogP contribution in [0.3, 0.4) is 0 Å². The van der Waals surface area contributed by atoms with E-state index in [2.05, 4.69) is 25.5 Å². The van der Waals surface area contributed by atoms with E-state index in [9.17, 15) is 4.79 Å². The van der Waals surface area contributed by atoms with E-state index in [0.29, 0.717) is 16.1 Å². The molecule has 0 saturated heterocycles. The minimum Gasteiger partial charge on any atom is -0.343 e. The number of nitrogens with one attached hydrogen (secondary N) is 1. The number of fused-ring (bicyclic) bond motifs is 1. The molecule has 2 heterocycles. The molecule has 7 heteroatoms. The quantitative estimate of drug-likeness (QED) is 0.803. The normalized spacial score (nSPS) is 12.1. The summed E-state index contributed by atoms with van der Waals surface area (Å²) in [5.74, 6) is -0.380. The van der Waals surface area contributed by atoms with Gasteiger partial charge in [-0.3, -0.25) is 9.78 Å². The average molecular weight is 314 g/mol. The Hall–Kier alpha value is -2.60. The second-order valence-electron chi connectivity index (χ2n) is 4.74. The summed E-state index contributed by atoms with van der Waals surface area (Å²) in [4.78, 5) is 20.4. The number of halogens is 1. The highest BCUT2D eigenvalue weighted by Crippen LogP contribution is 2.15. The van der Waals surface area contributed by atoms with E-state index in [4.69, 9.17) is 11.6 Å². The molecule has 0 aliphatic rings. The van der Waals surface area contributed by atoms with E-state index in [1.54, 1.807) is 30.6 Å². The van der Waals surface area contributed by atoms with E-state index in [-0.39, 0.29) is 11.9 Å². The van der Waals surface area contributed by atoms with E-state index < -0.39 is 5.91 Å². The van der Waals surface area contributed by atoms with Crippen LogP contribution in [0.2, 0.25) is 5.02 Å². The van der Waals surface area contributed by atoms with Crippen LogP contribution in [0.1, 0.15) is 29.1 Å². The smallest absolute Gasteiger partial charge is 0.291 e. The van der Waals surface area contributed by atoms with Crippen molar-refractivity contribution >= 4 is 28.5 Å². The Morgan fingerprint density at radius 3 is 2.68 bits per heavy atom. The molecule has 6 nitrogen and oxygen atoms in total. The summed E-state index contributed by atoms with van der Waals surface area (Å²) in [5, 5.41) is 11.2. The average Bonchev–Trinajstić information content (AvgIpc) is 2.54. The van der Waals surface area contributed by atoms with Gasteiger partial charge in [0.1, 0.15) is 5.52 Å². The summed E-state index contributed by atoms with van der Waals surface area (Å²) in [6.07, 6.45) is 3.35. The molecule has 2 aromatic heterocycles. The first-order chi connectivity index (χ1) is 10.6. The summed E-state index contributed by atoms with van der Waals surface area (Å²) in [6, 6.07) is 8.54. The molecule has 3 aromatic rings. The van der Waals surface area contributed by atoms with Crippen LogP contribution < -0.4 is 5.32 Å². The predicted octanol–water partition coefficient (Wildman–Crippen LogP) is 2.56. The minimum atomic E-state index is -0.390. The monoisotopic (exact) mass is 313 g/mol. The third-order valence-electron chi connectivity index (χ3n) is 3.17. The van der Waals surface area contributed by atoms with E-state index in [0.717, 1.165) is 5.56 Å². The standard InChI is InChI=1S/C15H12ClN5O/c1-9(10-4-6-17-7-5-10)18-15(22)14-19-13-8-11(16)2-3-12(13)20-21-14/h2-9H,1H3,(H,18,22)/t9-/m1/s1. The zero-order chi connectivity index (χ0) is 15.5. The number of rotatable bonds is 3.